The van der Waals surface area contributed by atoms with Crippen LogP contribution in [0.2, 0.25) is 0 Å². The molecule has 0 radical (unpaired) electrons. The molecule has 0 saturated carbocycles. The van der Waals surface area contributed by atoms with Crippen LogP contribution in [0.3, 0.4) is 0 Å². The fourth-order valence-electron chi connectivity index (χ4n) is 3.89. The topological polar surface area (TPSA) is 61.8 Å². The first kappa shape index (κ1) is 22.7. The average molecular weight is 436 g/mol. The summed E-state index contributed by atoms with van der Waals surface area (Å²) in [5, 5.41) is 0. The zero-order chi connectivity index (χ0) is 22.8. The smallest absolute Gasteiger partial charge is 0.417 e. The molecule has 8 heteroatoms. The van der Waals surface area contributed by atoms with Crippen LogP contribution in [-0.2, 0) is 38.1 Å². The molecule has 0 aliphatic heterocycles. The van der Waals surface area contributed by atoms with E-state index in [2.05, 4.69) is 0 Å². The quantitative estimate of drug-likeness (QED) is 0.490. The highest BCUT2D eigenvalue weighted by molar-refractivity contribution is 6.01. The van der Waals surface area contributed by atoms with E-state index in [1.165, 1.54) is 25.3 Å². The maximum atomic E-state index is 13.9. The van der Waals surface area contributed by atoms with Gasteiger partial charge in [-0.25, -0.2) is 0 Å². The number of methoxy groups -OCH3 is 1. The van der Waals surface area contributed by atoms with Crippen molar-refractivity contribution in [3.05, 3.63) is 53.1 Å². The number of carbonyl (C=O) groups excluding carboxylic acids is 2. The van der Waals surface area contributed by atoms with E-state index in [0.29, 0.717) is 16.9 Å². The standard InChI is InChI=1S/C23H23F3O5/c1-4-30-20(27)22(21(28)31-5-2)12-15-10-18(14-6-8-17(29-3)9-7-14)19(23(24,25)26)11-16(15)13-22/h6-11H,4-5,12-13H2,1-3H3. The summed E-state index contributed by atoms with van der Waals surface area (Å²) in [5.41, 5.74) is -1.43. The van der Waals surface area contributed by atoms with E-state index in [-0.39, 0.29) is 37.2 Å². The van der Waals surface area contributed by atoms with Crippen LogP contribution in [0.5, 0.6) is 5.75 Å². The van der Waals surface area contributed by atoms with Crippen LogP contribution in [0.25, 0.3) is 11.1 Å². The summed E-state index contributed by atoms with van der Waals surface area (Å²) in [7, 11) is 1.47. The molecule has 1 aliphatic carbocycles. The van der Waals surface area contributed by atoms with Gasteiger partial charge in [-0.15, -0.1) is 0 Å². The molecular weight excluding hydrogens is 413 g/mol. The van der Waals surface area contributed by atoms with E-state index in [9.17, 15) is 22.8 Å². The monoisotopic (exact) mass is 436 g/mol. The van der Waals surface area contributed by atoms with Gasteiger partial charge in [0.1, 0.15) is 5.75 Å². The number of hydrogen-bond acceptors (Lipinski definition) is 5. The summed E-state index contributed by atoms with van der Waals surface area (Å²) < 4.78 is 56.9. The zero-order valence-electron chi connectivity index (χ0n) is 17.5. The first-order valence-electron chi connectivity index (χ1n) is 9.88. The number of esters is 2. The maximum Gasteiger partial charge on any atom is 0.417 e. The zero-order valence-corrected chi connectivity index (χ0v) is 17.5. The highest BCUT2D eigenvalue weighted by atomic mass is 19.4. The highest BCUT2D eigenvalue weighted by Crippen LogP contribution is 2.45. The van der Waals surface area contributed by atoms with E-state index >= 15 is 0 Å². The van der Waals surface area contributed by atoms with E-state index in [1.54, 1.807) is 26.0 Å². The molecule has 0 heterocycles. The molecule has 0 bridgehead atoms. The molecule has 0 atom stereocenters. The minimum atomic E-state index is -4.62. The summed E-state index contributed by atoms with van der Waals surface area (Å²) in [6.07, 6.45) is -4.91. The molecule has 2 aromatic carbocycles. The van der Waals surface area contributed by atoms with Crippen molar-refractivity contribution in [3.63, 3.8) is 0 Å². The molecule has 0 unspecified atom stereocenters. The first-order chi connectivity index (χ1) is 14.7. The average Bonchev–Trinajstić information content (AvgIpc) is 3.13. The summed E-state index contributed by atoms with van der Waals surface area (Å²) in [6.45, 7) is 3.28. The minimum Gasteiger partial charge on any atom is -0.497 e. The number of hydrogen-bond donors (Lipinski definition) is 0. The summed E-state index contributed by atoms with van der Waals surface area (Å²) in [6, 6.07) is 8.65. The molecule has 31 heavy (non-hydrogen) atoms. The van der Waals surface area contributed by atoms with Gasteiger partial charge < -0.3 is 14.2 Å². The second-order valence-electron chi connectivity index (χ2n) is 7.27. The third-order valence-electron chi connectivity index (χ3n) is 5.36. The number of rotatable bonds is 6. The summed E-state index contributed by atoms with van der Waals surface area (Å²) >= 11 is 0. The number of halogens is 3. The predicted octanol–water partition coefficient (Wildman–Crippen LogP) is 4.59. The van der Waals surface area contributed by atoms with Crippen molar-refractivity contribution in [2.45, 2.75) is 32.9 Å². The lowest BCUT2D eigenvalue weighted by molar-refractivity contribution is -0.171. The van der Waals surface area contributed by atoms with Gasteiger partial charge in [0.05, 0.1) is 25.9 Å². The molecule has 0 aromatic heterocycles. The molecule has 166 valence electrons. The Morgan fingerprint density at radius 1 is 0.935 bits per heavy atom. The molecule has 3 rings (SSSR count). The number of alkyl halides is 3. The molecule has 0 saturated heterocycles. The Bertz CT molecular complexity index is 962. The maximum absolute atomic E-state index is 13.9. The van der Waals surface area contributed by atoms with Crippen LogP contribution in [0.4, 0.5) is 13.2 Å². The van der Waals surface area contributed by atoms with Gasteiger partial charge in [-0.3, -0.25) is 9.59 Å². The lowest BCUT2D eigenvalue weighted by Gasteiger charge is -2.23. The lowest BCUT2D eigenvalue weighted by Crippen LogP contribution is -2.43. The van der Waals surface area contributed by atoms with E-state index in [0.717, 1.165) is 6.07 Å². The van der Waals surface area contributed by atoms with E-state index < -0.39 is 29.1 Å². The van der Waals surface area contributed by atoms with Crippen LogP contribution >= 0.6 is 0 Å². The van der Waals surface area contributed by atoms with Crippen LogP contribution in [0.15, 0.2) is 36.4 Å². The van der Waals surface area contributed by atoms with Gasteiger partial charge in [-0.05, 0) is 67.1 Å². The molecule has 0 N–H and O–H groups in total. The number of benzene rings is 2. The van der Waals surface area contributed by atoms with Gasteiger partial charge in [0, 0.05) is 0 Å². The third kappa shape index (κ3) is 4.24. The molecule has 2 aromatic rings. The lowest BCUT2D eigenvalue weighted by atomic mass is 9.84. The number of fused-ring (bicyclic) bond motifs is 1. The van der Waals surface area contributed by atoms with Crippen molar-refractivity contribution in [3.8, 4) is 16.9 Å². The summed E-state index contributed by atoms with van der Waals surface area (Å²) in [4.78, 5) is 25.4. The van der Waals surface area contributed by atoms with Crippen molar-refractivity contribution in [2.75, 3.05) is 20.3 Å². The molecule has 5 nitrogen and oxygen atoms in total. The second kappa shape index (κ2) is 8.61. The molecule has 0 fully saturated rings. The Labute approximate surface area is 178 Å². The Balaban J connectivity index is 2.13. The van der Waals surface area contributed by atoms with Crippen molar-refractivity contribution < 1.29 is 37.0 Å². The van der Waals surface area contributed by atoms with Gasteiger partial charge in [-0.2, -0.15) is 13.2 Å². The van der Waals surface area contributed by atoms with Crippen molar-refractivity contribution in [2.24, 2.45) is 5.41 Å². The second-order valence-corrected chi connectivity index (χ2v) is 7.27. The number of carbonyl (C=O) groups is 2. The Morgan fingerprint density at radius 2 is 1.45 bits per heavy atom. The third-order valence-corrected chi connectivity index (χ3v) is 5.36. The minimum absolute atomic E-state index is 0.0302. The van der Waals surface area contributed by atoms with Gasteiger partial charge in [-0.1, -0.05) is 18.2 Å². The van der Waals surface area contributed by atoms with E-state index in [1.807, 2.05) is 0 Å². The Morgan fingerprint density at radius 3 is 1.90 bits per heavy atom. The predicted molar refractivity (Wildman–Crippen MR) is 107 cm³/mol. The highest BCUT2D eigenvalue weighted by Gasteiger charge is 2.53. The molecular formula is C23H23F3O5. The van der Waals surface area contributed by atoms with Crippen LogP contribution < -0.4 is 4.74 Å². The fraction of sp³-hybridized carbons (Fsp3) is 0.391. The van der Waals surface area contributed by atoms with Crippen molar-refractivity contribution >= 4 is 11.9 Å². The summed E-state index contributed by atoms with van der Waals surface area (Å²) in [5.74, 6) is -1.06. The van der Waals surface area contributed by atoms with Gasteiger partial charge in [0.2, 0.25) is 0 Å². The van der Waals surface area contributed by atoms with Crippen LogP contribution in [-0.4, -0.2) is 32.3 Å². The Hall–Kier alpha value is -3.03. The van der Waals surface area contributed by atoms with Crippen LogP contribution in [0.1, 0.15) is 30.5 Å². The number of ether oxygens (including phenoxy) is 3. The van der Waals surface area contributed by atoms with Gasteiger partial charge in [0.15, 0.2) is 5.41 Å². The van der Waals surface area contributed by atoms with Crippen molar-refractivity contribution in [1.82, 2.24) is 0 Å². The molecule has 1 aliphatic rings. The normalized spacial score (nSPS) is 14.6. The van der Waals surface area contributed by atoms with Crippen molar-refractivity contribution in [1.29, 1.82) is 0 Å². The largest absolute Gasteiger partial charge is 0.497 e. The van der Waals surface area contributed by atoms with E-state index in [4.69, 9.17) is 14.2 Å². The SMILES string of the molecule is CCOC(=O)C1(C(=O)OCC)Cc2cc(-c3ccc(OC)cc3)c(C(F)(F)F)cc2C1. The van der Waals surface area contributed by atoms with Crippen LogP contribution in [0, 0.1) is 5.41 Å². The van der Waals surface area contributed by atoms with Gasteiger partial charge in [0.25, 0.3) is 0 Å². The fourth-order valence-corrected chi connectivity index (χ4v) is 3.89. The molecule has 0 spiro atoms. The molecule has 0 amide bonds. The first-order valence-corrected chi connectivity index (χ1v) is 9.88. The Kier molecular flexibility index (Phi) is 6.29. The van der Waals surface area contributed by atoms with Gasteiger partial charge >= 0.3 is 18.1 Å².